The summed E-state index contributed by atoms with van der Waals surface area (Å²) in [7, 11) is -3.48. The monoisotopic (exact) mass is 286 g/mol. The standard InChI is InChI=1S/C10H14N4O2S2/c1-10(2,3)7-4-17-8(13-7)5-18(15,16)9-11-6-12-14-9/h4,6H,5H2,1-3H3,(H,11,12,14). The minimum Gasteiger partial charge on any atom is -0.250 e. The predicted octanol–water partition coefficient (Wildman–Crippen LogP) is 1.53. The van der Waals surface area contributed by atoms with E-state index in [-0.39, 0.29) is 16.3 Å². The van der Waals surface area contributed by atoms with Crippen LogP contribution in [-0.4, -0.2) is 28.6 Å². The minimum atomic E-state index is -3.48. The lowest BCUT2D eigenvalue weighted by Crippen LogP contribution is -2.12. The van der Waals surface area contributed by atoms with Crippen molar-refractivity contribution in [2.45, 2.75) is 37.1 Å². The Morgan fingerprint density at radius 1 is 1.39 bits per heavy atom. The molecule has 0 fully saturated rings. The summed E-state index contributed by atoms with van der Waals surface area (Å²) in [5.41, 5.74) is 0.820. The molecule has 0 atom stereocenters. The van der Waals surface area contributed by atoms with Crippen LogP contribution in [0.2, 0.25) is 0 Å². The molecule has 8 heteroatoms. The Morgan fingerprint density at radius 2 is 2.11 bits per heavy atom. The van der Waals surface area contributed by atoms with E-state index >= 15 is 0 Å². The van der Waals surface area contributed by atoms with Gasteiger partial charge in [0.1, 0.15) is 17.1 Å². The molecule has 0 unspecified atom stereocenters. The predicted molar refractivity (Wildman–Crippen MR) is 68.1 cm³/mol. The summed E-state index contributed by atoms with van der Waals surface area (Å²) < 4.78 is 23.9. The molecule has 2 aromatic rings. The highest BCUT2D eigenvalue weighted by molar-refractivity contribution is 7.90. The third-order valence-electron chi connectivity index (χ3n) is 2.32. The zero-order valence-electron chi connectivity index (χ0n) is 10.3. The number of H-pyrrole nitrogens is 1. The first kappa shape index (κ1) is 13.2. The molecule has 0 saturated heterocycles. The van der Waals surface area contributed by atoms with Crippen LogP contribution >= 0.6 is 11.3 Å². The number of rotatable bonds is 3. The second-order valence-corrected chi connectivity index (χ2v) is 7.77. The Bertz CT molecular complexity index is 623. The molecule has 2 rings (SSSR count). The lowest BCUT2D eigenvalue weighted by Gasteiger charge is -2.14. The van der Waals surface area contributed by atoms with Gasteiger partial charge in [-0.1, -0.05) is 20.8 Å². The fraction of sp³-hybridized carbons (Fsp3) is 0.500. The van der Waals surface area contributed by atoms with E-state index in [2.05, 4.69) is 20.2 Å². The van der Waals surface area contributed by atoms with Gasteiger partial charge in [0.05, 0.1) is 5.69 Å². The molecule has 0 aliphatic carbocycles. The number of nitrogens with one attached hydrogen (secondary N) is 1. The van der Waals surface area contributed by atoms with Crippen molar-refractivity contribution >= 4 is 21.2 Å². The number of hydrogen-bond donors (Lipinski definition) is 1. The topological polar surface area (TPSA) is 88.6 Å². The number of thiazole rings is 1. The molecular formula is C10H14N4O2S2. The highest BCUT2D eigenvalue weighted by atomic mass is 32.2. The molecule has 0 saturated carbocycles. The third kappa shape index (κ3) is 2.75. The second-order valence-electron chi connectivity index (χ2n) is 4.93. The van der Waals surface area contributed by atoms with Crippen LogP contribution in [-0.2, 0) is 21.0 Å². The molecule has 0 aromatic carbocycles. The summed E-state index contributed by atoms with van der Waals surface area (Å²) in [5.74, 6) is -0.150. The Kier molecular flexibility index (Phi) is 3.24. The fourth-order valence-electron chi connectivity index (χ4n) is 1.30. The zero-order chi connectivity index (χ0) is 13.4. The van der Waals surface area contributed by atoms with Crippen molar-refractivity contribution in [3.8, 4) is 0 Å². The van der Waals surface area contributed by atoms with Crippen molar-refractivity contribution in [3.05, 3.63) is 22.4 Å². The SMILES string of the molecule is CC(C)(C)c1csc(CS(=O)(=O)c2ncn[nH]2)n1. The van der Waals surface area contributed by atoms with Crippen LogP contribution in [0, 0.1) is 0 Å². The highest BCUT2D eigenvalue weighted by Gasteiger charge is 2.23. The van der Waals surface area contributed by atoms with Gasteiger partial charge in [-0.3, -0.25) is 5.10 Å². The van der Waals surface area contributed by atoms with E-state index < -0.39 is 9.84 Å². The van der Waals surface area contributed by atoms with Crippen LogP contribution in [0.4, 0.5) is 0 Å². The molecule has 6 nitrogen and oxygen atoms in total. The van der Waals surface area contributed by atoms with Gasteiger partial charge >= 0.3 is 0 Å². The van der Waals surface area contributed by atoms with E-state index in [1.54, 1.807) is 0 Å². The van der Waals surface area contributed by atoms with Crippen LogP contribution in [0.5, 0.6) is 0 Å². The maximum atomic E-state index is 12.0. The van der Waals surface area contributed by atoms with E-state index in [1.807, 2.05) is 26.2 Å². The number of aromatic nitrogens is 4. The second kappa shape index (κ2) is 4.43. The van der Waals surface area contributed by atoms with Crippen molar-refractivity contribution < 1.29 is 8.42 Å². The van der Waals surface area contributed by atoms with Crippen LogP contribution in [0.3, 0.4) is 0 Å². The van der Waals surface area contributed by atoms with Gasteiger partial charge in [-0.25, -0.2) is 18.4 Å². The van der Waals surface area contributed by atoms with Crippen molar-refractivity contribution in [2.24, 2.45) is 0 Å². The van der Waals surface area contributed by atoms with Crippen LogP contribution in [0.25, 0.3) is 0 Å². The minimum absolute atomic E-state index is 0.0786. The van der Waals surface area contributed by atoms with Gasteiger partial charge in [0.15, 0.2) is 0 Å². The van der Waals surface area contributed by atoms with Crippen LogP contribution < -0.4 is 0 Å². The Labute approximate surface area is 109 Å². The van der Waals surface area contributed by atoms with E-state index in [0.717, 1.165) is 5.69 Å². The molecule has 0 spiro atoms. The normalized spacial score (nSPS) is 12.8. The van der Waals surface area contributed by atoms with Gasteiger partial charge in [-0.2, -0.15) is 5.10 Å². The maximum Gasteiger partial charge on any atom is 0.243 e. The zero-order valence-corrected chi connectivity index (χ0v) is 12.0. The lowest BCUT2D eigenvalue weighted by molar-refractivity contribution is 0.569. The van der Waals surface area contributed by atoms with Gasteiger partial charge in [-0.05, 0) is 0 Å². The molecule has 18 heavy (non-hydrogen) atoms. The molecule has 2 aromatic heterocycles. The Balaban J connectivity index is 2.23. The first-order valence-electron chi connectivity index (χ1n) is 5.32. The van der Waals surface area contributed by atoms with Crippen molar-refractivity contribution in [1.29, 1.82) is 0 Å². The average Bonchev–Trinajstić information content (AvgIpc) is 2.83. The molecule has 0 aliphatic rings. The first-order valence-corrected chi connectivity index (χ1v) is 7.85. The van der Waals surface area contributed by atoms with Crippen LogP contribution in [0.15, 0.2) is 16.9 Å². The van der Waals surface area contributed by atoms with Gasteiger partial charge < -0.3 is 0 Å². The van der Waals surface area contributed by atoms with Crippen LogP contribution in [0.1, 0.15) is 31.5 Å². The van der Waals surface area contributed by atoms with E-state index in [9.17, 15) is 8.42 Å². The Hall–Kier alpha value is -1.28. The lowest BCUT2D eigenvalue weighted by atomic mass is 9.93. The average molecular weight is 286 g/mol. The summed E-state index contributed by atoms with van der Waals surface area (Å²) >= 11 is 1.35. The smallest absolute Gasteiger partial charge is 0.243 e. The van der Waals surface area contributed by atoms with E-state index in [1.165, 1.54) is 17.7 Å². The summed E-state index contributed by atoms with van der Waals surface area (Å²) in [4.78, 5) is 8.02. The molecule has 0 bridgehead atoms. The summed E-state index contributed by atoms with van der Waals surface area (Å²) in [6.45, 7) is 6.12. The number of hydrogen-bond acceptors (Lipinski definition) is 6. The highest BCUT2D eigenvalue weighted by Crippen LogP contribution is 2.25. The van der Waals surface area contributed by atoms with Crippen molar-refractivity contribution in [1.82, 2.24) is 20.2 Å². The number of aromatic amines is 1. The largest absolute Gasteiger partial charge is 0.250 e. The fourth-order valence-corrected chi connectivity index (χ4v) is 3.77. The molecule has 0 amide bonds. The molecule has 1 N–H and O–H groups in total. The van der Waals surface area contributed by atoms with E-state index in [4.69, 9.17) is 0 Å². The van der Waals surface area contributed by atoms with Crippen molar-refractivity contribution in [3.63, 3.8) is 0 Å². The molecular weight excluding hydrogens is 272 g/mol. The van der Waals surface area contributed by atoms with Crippen molar-refractivity contribution in [2.75, 3.05) is 0 Å². The molecule has 0 aliphatic heterocycles. The van der Waals surface area contributed by atoms with Gasteiger partial charge in [0, 0.05) is 10.8 Å². The van der Waals surface area contributed by atoms with Gasteiger partial charge in [-0.15, -0.1) is 11.3 Å². The Morgan fingerprint density at radius 3 is 2.61 bits per heavy atom. The third-order valence-corrected chi connectivity index (χ3v) is 4.79. The maximum absolute atomic E-state index is 12.0. The number of nitrogens with zero attached hydrogens (tertiary/aromatic N) is 3. The number of sulfone groups is 1. The van der Waals surface area contributed by atoms with E-state index in [0.29, 0.717) is 5.01 Å². The summed E-state index contributed by atoms with van der Waals surface area (Å²) in [6.07, 6.45) is 1.18. The first-order chi connectivity index (χ1) is 8.29. The van der Waals surface area contributed by atoms with Gasteiger partial charge in [0.2, 0.25) is 15.0 Å². The quantitative estimate of drug-likeness (QED) is 0.924. The summed E-state index contributed by atoms with van der Waals surface area (Å²) in [6, 6.07) is 0. The molecule has 2 heterocycles. The van der Waals surface area contributed by atoms with Gasteiger partial charge in [0.25, 0.3) is 0 Å². The summed E-state index contributed by atoms with van der Waals surface area (Å²) in [5, 5.41) is 8.25. The molecule has 0 radical (unpaired) electrons. The molecule has 98 valence electrons.